The maximum atomic E-state index is 11.9. The van der Waals surface area contributed by atoms with Crippen LogP contribution in [-0.4, -0.2) is 62.4 Å². The van der Waals surface area contributed by atoms with E-state index in [1.807, 2.05) is 6.08 Å². The van der Waals surface area contributed by atoms with E-state index in [-0.39, 0.29) is 24.3 Å². The zero-order chi connectivity index (χ0) is 28.1. The van der Waals surface area contributed by atoms with Crippen LogP contribution in [0.1, 0.15) is 58.3 Å². The first-order valence-electron chi connectivity index (χ1n) is 13.7. The second kappa shape index (κ2) is 26.7. The van der Waals surface area contributed by atoms with Gasteiger partial charge in [-0.05, 0) is 44.9 Å². The lowest BCUT2D eigenvalue weighted by Crippen LogP contribution is -2.43. The highest BCUT2D eigenvalue weighted by molar-refractivity contribution is 5.84. The number of guanidine groups is 1. The normalized spacial score (nSPS) is 12.2. The summed E-state index contributed by atoms with van der Waals surface area (Å²) in [6.07, 6.45) is 33.1. The highest BCUT2D eigenvalue weighted by Crippen LogP contribution is 1.97. The number of nitrogens with two attached hydrogens (primary N) is 1. The minimum absolute atomic E-state index is 0.0342. The molecular weight excluding hydrogens is 476 g/mol. The average Bonchev–Trinajstić information content (AvgIpc) is 2.89. The summed E-state index contributed by atoms with van der Waals surface area (Å²) in [5.74, 6) is -0.297. The summed E-state index contributed by atoms with van der Waals surface area (Å²) in [5, 5.41) is 16.0. The van der Waals surface area contributed by atoms with Crippen LogP contribution in [0.25, 0.3) is 0 Å². The van der Waals surface area contributed by atoms with Gasteiger partial charge in [0.25, 0.3) is 0 Å². The van der Waals surface area contributed by atoms with Crippen molar-refractivity contribution in [2.45, 2.75) is 58.3 Å². The number of nitrogens with zero attached hydrogens (tertiary/aromatic N) is 1. The van der Waals surface area contributed by atoms with Crippen molar-refractivity contribution in [3.63, 3.8) is 0 Å². The predicted octanol–water partition coefficient (Wildman–Crippen LogP) is 4.11. The second-order valence-corrected chi connectivity index (χ2v) is 8.65. The molecule has 0 heterocycles. The van der Waals surface area contributed by atoms with E-state index in [9.17, 15) is 9.59 Å². The highest BCUT2D eigenvalue weighted by Gasteiger charge is 2.06. The summed E-state index contributed by atoms with van der Waals surface area (Å²) < 4.78 is 0. The average molecular weight is 527 g/mol. The fraction of sp³-hybridized carbons (Fsp3) is 0.500. The third-order valence-corrected chi connectivity index (χ3v) is 5.17. The molecule has 212 valence electrons. The summed E-state index contributed by atoms with van der Waals surface area (Å²) >= 11 is 0. The van der Waals surface area contributed by atoms with E-state index in [4.69, 9.17) is 11.1 Å². The molecule has 0 rings (SSSR count). The van der Waals surface area contributed by atoms with Crippen molar-refractivity contribution in [1.82, 2.24) is 20.9 Å². The van der Waals surface area contributed by atoms with E-state index in [0.717, 1.165) is 44.9 Å². The van der Waals surface area contributed by atoms with Crippen molar-refractivity contribution in [2.24, 2.45) is 5.73 Å². The zero-order valence-corrected chi connectivity index (χ0v) is 23.5. The van der Waals surface area contributed by atoms with Crippen LogP contribution in [0.2, 0.25) is 0 Å². The van der Waals surface area contributed by atoms with E-state index in [0.29, 0.717) is 32.6 Å². The molecule has 6 N–H and O–H groups in total. The van der Waals surface area contributed by atoms with Crippen molar-refractivity contribution in [1.29, 1.82) is 5.41 Å². The van der Waals surface area contributed by atoms with Gasteiger partial charge in [-0.2, -0.15) is 0 Å². The Labute approximate surface area is 230 Å². The third kappa shape index (κ3) is 25.7. The quantitative estimate of drug-likeness (QED) is 0.0629. The Morgan fingerprint density at radius 3 is 1.55 bits per heavy atom. The molecular formula is C30H50N6O2. The lowest BCUT2D eigenvalue weighted by molar-refractivity contribution is -0.121. The Morgan fingerprint density at radius 1 is 0.684 bits per heavy atom. The van der Waals surface area contributed by atoms with Gasteiger partial charge in [0, 0.05) is 39.6 Å². The standard InChI is InChI=1S/C30H50N6O2/c1-3-4-5-6-7-8-9-10-11-12-13-14-15-16-17-18-19-20-21-22-28(37)34-25-23-33-24-26-35-29(38)27-36(2)30(31)32/h4-5,7-8,10-11,13-14,16-17,19-20,33H,3,6,9,12,15,18,21-27H2,1-2H3,(H3,31,32)(H,34,37)(H,35,38)/b5-4-,8-7-,11-10-,14-13-,17-16-,20-19-. The van der Waals surface area contributed by atoms with Gasteiger partial charge in [-0.1, -0.05) is 79.8 Å². The largest absolute Gasteiger partial charge is 0.370 e. The SMILES string of the molecule is CC/C=C\C/C=C\C/C=C\C/C=C\C/C=C\C/C=C\CCC(=O)NCCNCCNC(=O)CN(C)C(=N)N. The van der Waals surface area contributed by atoms with Crippen molar-refractivity contribution in [2.75, 3.05) is 39.8 Å². The van der Waals surface area contributed by atoms with Crippen LogP contribution in [0.3, 0.4) is 0 Å². The molecule has 0 aliphatic heterocycles. The van der Waals surface area contributed by atoms with E-state index >= 15 is 0 Å². The van der Waals surface area contributed by atoms with Crippen LogP contribution < -0.4 is 21.7 Å². The highest BCUT2D eigenvalue weighted by atomic mass is 16.2. The monoisotopic (exact) mass is 526 g/mol. The Hall–Kier alpha value is -3.39. The van der Waals surface area contributed by atoms with Crippen LogP contribution in [0.15, 0.2) is 72.9 Å². The summed E-state index contributed by atoms with van der Waals surface area (Å²) in [5.41, 5.74) is 5.29. The number of likely N-dealkylation sites (N-methyl/N-ethyl adjacent to an activating group) is 1. The van der Waals surface area contributed by atoms with Gasteiger partial charge in [0.05, 0.1) is 6.54 Å². The molecule has 0 unspecified atom stereocenters. The zero-order valence-electron chi connectivity index (χ0n) is 23.5. The molecule has 8 heteroatoms. The molecule has 0 aliphatic carbocycles. The summed E-state index contributed by atoms with van der Waals surface area (Å²) in [6.45, 7) is 4.46. The minimum Gasteiger partial charge on any atom is -0.370 e. The molecule has 0 fully saturated rings. The van der Waals surface area contributed by atoms with E-state index in [1.54, 1.807) is 7.05 Å². The summed E-state index contributed by atoms with van der Waals surface area (Å²) in [7, 11) is 1.59. The van der Waals surface area contributed by atoms with Gasteiger partial charge in [-0.25, -0.2) is 0 Å². The lowest BCUT2D eigenvalue weighted by atomic mass is 10.2. The molecule has 0 radical (unpaired) electrons. The Balaban J connectivity index is 3.58. The number of carbonyl (C=O) groups excluding carboxylic acids is 2. The van der Waals surface area contributed by atoms with Crippen molar-refractivity contribution >= 4 is 17.8 Å². The van der Waals surface area contributed by atoms with Gasteiger partial charge >= 0.3 is 0 Å². The van der Waals surface area contributed by atoms with Gasteiger partial charge in [-0.15, -0.1) is 0 Å². The number of amides is 2. The maximum Gasteiger partial charge on any atom is 0.239 e. The topological polar surface area (TPSA) is 123 Å². The van der Waals surface area contributed by atoms with Gasteiger partial charge < -0.3 is 26.6 Å². The molecule has 0 aromatic rings. The Morgan fingerprint density at radius 2 is 1.11 bits per heavy atom. The molecule has 0 spiro atoms. The van der Waals surface area contributed by atoms with E-state index in [1.165, 1.54) is 4.90 Å². The van der Waals surface area contributed by atoms with Crippen LogP contribution >= 0.6 is 0 Å². The van der Waals surface area contributed by atoms with E-state index < -0.39 is 0 Å². The lowest BCUT2D eigenvalue weighted by Gasteiger charge is -2.15. The molecule has 0 aromatic heterocycles. The minimum atomic E-state index is -0.188. The molecule has 0 aliphatic rings. The van der Waals surface area contributed by atoms with Crippen LogP contribution in [0, 0.1) is 5.41 Å². The number of nitrogens with one attached hydrogen (secondary N) is 4. The van der Waals surface area contributed by atoms with Gasteiger partial charge in [-0.3, -0.25) is 15.0 Å². The first-order valence-corrected chi connectivity index (χ1v) is 13.7. The number of carbonyl (C=O) groups is 2. The maximum absolute atomic E-state index is 11.9. The van der Waals surface area contributed by atoms with Crippen molar-refractivity contribution in [3.8, 4) is 0 Å². The van der Waals surface area contributed by atoms with E-state index in [2.05, 4.69) is 89.7 Å². The van der Waals surface area contributed by atoms with Crippen LogP contribution in [0.4, 0.5) is 0 Å². The van der Waals surface area contributed by atoms with Gasteiger partial charge in [0.2, 0.25) is 11.8 Å². The fourth-order valence-electron chi connectivity index (χ4n) is 3.00. The molecule has 0 saturated heterocycles. The molecule has 2 amide bonds. The summed E-state index contributed by atoms with van der Waals surface area (Å²) in [6, 6.07) is 0. The number of allylic oxidation sites excluding steroid dienone is 12. The smallest absolute Gasteiger partial charge is 0.239 e. The number of hydrogen-bond acceptors (Lipinski definition) is 4. The van der Waals surface area contributed by atoms with Crippen molar-refractivity contribution < 1.29 is 9.59 Å². The molecule has 0 aromatic carbocycles. The first-order chi connectivity index (χ1) is 18.5. The Kier molecular flexibility index (Phi) is 24.3. The molecule has 38 heavy (non-hydrogen) atoms. The predicted molar refractivity (Wildman–Crippen MR) is 161 cm³/mol. The number of hydrogen-bond donors (Lipinski definition) is 5. The van der Waals surface area contributed by atoms with Crippen molar-refractivity contribution in [3.05, 3.63) is 72.9 Å². The summed E-state index contributed by atoms with van der Waals surface area (Å²) in [4.78, 5) is 24.9. The first kappa shape index (κ1) is 34.6. The number of rotatable bonds is 22. The Bertz CT molecular complexity index is 812. The molecule has 0 saturated carbocycles. The third-order valence-electron chi connectivity index (χ3n) is 5.17. The molecule has 8 nitrogen and oxygen atoms in total. The fourth-order valence-corrected chi connectivity index (χ4v) is 3.00. The van der Waals surface area contributed by atoms with Crippen LogP contribution in [0.5, 0.6) is 0 Å². The van der Waals surface area contributed by atoms with Gasteiger partial charge in [0.1, 0.15) is 0 Å². The second-order valence-electron chi connectivity index (χ2n) is 8.65. The molecule has 0 atom stereocenters. The van der Waals surface area contributed by atoms with Crippen LogP contribution in [-0.2, 0) is 9.59 Å². The molecule has 0 bridgehead atoms. The van der Waals surface area contributed by atoms with Gasteiger partial charge in [0.15, 0.2) is 5.96 Å².